The zero-order chi connectivity index (χ0) is 23.0. The van der Waals surface area contributed by atoms with Gasteiger partial charge in [0, 0.05) is 22.4 Å². The first-order chi connectivity index (χ1) is 14.7. The summed E-state index contributed by atoms with van der Waals surface area (Å²) in [6, 6.07) is 10.7. The molecule has 0 spiro atoms. The molecule has 2 amide bonds. The number of hydrogen-bond donors (Lipinski definition) is 5. The largest absolute Gasteiger partial charge is 0.398 e. The maximum Gasteiger partial charge on any atom is 0.269 e. The monoisotopic (exact) mass is 427 g/mol. The van der Waals surface area contributed by atoms with E-state index in [-0.39, 0.29) is 5.56 Å². The van der Waals surface area contributed by atoms with E-state index in [0.29, 0.717) is 23.7 Å². The molecule has 31 heavy (non-hydrogen) atoms. The van der Waals surface area contributed by atoms with Crippen molar-refractivity contribution < 1.29 is 28.7 Å². The van der Waals surface area contributed by atoms with E-state index in [1.165, 1.54) is 24.3 Å². The van der Waals surface area contributed by atoms with Gasteiger partial charge in [-0.3, -0.25) is 14.8 Å². The van der Waals surface area contributed by atoms with Gasteiger partial charge in [0.05, 0.1) is 0 Å². The van der Waals surface area contributed by atoms with Gasteiger partial charge < -0.3 is 16.2 Å². The highest BCUT2D eigenvalue weighted by molar-refractivity contribution is 5.97. The number of carbonyl (C=O) groups excluding carboxylic acids is 2. The van der Waals surface area contributed by atoms with Gasteiger partial charge >= 0.3 is 0 Å². The van der Waals surface area contributed by atoms with Crippen molar-refractivity contribution in [2.45, 2.75) is 25.0 Å². The molecule has 0 heterocycles. The van der Waals surface area contributed by atoms with E-state index in [4.69, 9.17) is 10.9 Å². The number of amides is 2. The number of rotatable bonds is 5. The average Bonchev–Trinajstić information content (AvgIpc) is 2.75. The third-order valence-electron chi connectivity index (χ3n) is 4.25. The summed E-state index contributed by atoms with van der Waals surface area (Å²) in [5, 5.41) is 20.5. The Morgan fingerprint density at radius 3 is 2.26 bits per heavy atom. The van der Waals surface area contributed by atoms with Gasteiger partial charge in [0.2, 0.25) is 0 Å². The summed E-state index contributed by atoms with van der Waals surface area (Å²) in [7, 11) is 0. The van der Waals surface area contributed by atoms with E-state index in [0.717, 1.165) is 5.48 Å². The second kappa shape index (κ2) is 10.2. The Labute approximate surface area is 177 Å². The number of nitrogen functional groups attached to an aromatic ring is 1. The van der Waals surface area contributed by atoms with Crippen molar-refractivity contribution in [3.63, 3.8) is 0 Å². The Morgan fingerprint density at radius 2 is 1.68 bits per heavy atom. The molecule has 160 valence electrons. The standard InChI is InChI=1S/C22H19F2N3O4/c1-22(30,21(23)24)18(20(29)27-31)26-19(28)16-12-10-14(11-13-16)6-2-3-7-15-8-4-5-9-17(15)25/h4-5,8-13,18,21,30-31H,25H2,1H3,(H,26,28)(H,27,29). The molecule has 0 aliphatic carbocycles. The molecular weight excluding hydrogens is 408 g/mol. The number of nitrogens with one attached hydrogen (secondary N) is 2. The minimum Gasteiger partial charge on any atom is -0.398 e. The van der Waals surface area contributed by atoms with Gasteiger partial charge in [0.15, 0.2) is 5.60 Å². The first kappa shape index (κ1) is 23.4. The Kier molecular flexibility index (Phi) is 7.70. The van der Waals surface area contributed by atoms with E-state index in [1.54, 1.807) is 24.3 Å². The fourth-order valence-corrected chi connectivity index (χ4v) is 2.40. The van der Waals surface area contributed by atoms with E-state index < -0.39 is 29.9 Å². The van der Waals surface area contributed by atoms with Crippen molar-refractivity contribution in [2.24, 2.45) is 0 Å². The van der Waals surface area contributed by atoms with Crippen molar-refractivity contribution in [3.05, 3.63) is 65.2 Å². The van der Waals surface area contributed by atoms with Gasteiger partial charge in [-0.1, -0.05) is 24.0 Å². The molecule has 0 bridgehead atoms. The number of alkyl halides is 2. The minimum absolute atomic E-state index is 0.0227. The van der Waals surface area contributed by atoms with E-state index in [9.17, 15) is 23.5 Å². The summed E-state index contributed by atoms with van der Waals surface area (Å²) in [6.45, 7) is 0.667. The fraction of sp³-hybridized carbons (Fsp3) is 0.182. The molecule has 0 saturated heterocycles. The summed E-state index contributed by atoms with van der Waals surface area (Å²) in [5.41, 5.74) is 5.75. The van der Waals surface area contributed by atoms with E-state index in [1.807, 2.05) is 5.32 Å². The highest BCUT2D eigenvalue weighted by atomic mass is 19.3. The minimum atomic E-state index is -3.36. The first-order valence-corrected chi connectivity index (χ1v) is 8.88. The normalized spacial score (nSPS) is 13.0. The molecule has 2 aromatic carbocycles. The molecule has 6 N–H and O–H groups in total. The second-order valence-corrected chi connectivity index (χ2v) is 6.57. The van der Waals surface area contributed by atoms with Gasteiger partial charge in [-0.25, -0.2) is 14.3 Å². The molecule has 0 aliphatic heterocycles. The van der Waals surface area contributed by atoms with Crippen LogP contribution >= 0.6 is 0 Å². The van der Waals surface area contributed by atoms with Gasteiger partial charge in [0.1, 0.15) is 6.04 Å². The predicted molar refractivity (Wildman–Crippen MR) is 109 cm³/mol. The van der Waals surface area contributed by atoms with Gasteiger partial charge in [-0.2, -0.15) is 0 Å². The SMILES string of the molecule is CC(O)(C(F)F)C(NC(=O)c1ccc(C#CC#Cc2ccccc2N)cc1)C(=O)NO. The molecule has 0 aromatic heterocycles. The number of carbonyl (C=O) groups is 2. The Balaban J connectivity index is 2.12. The summed E-state index contributed by atoms with van der Waals surface area (Å²) in [6.07, 6.45) is -3.36. The highest BCUT2D eigenvalue weighted by Gasteiger charge is 2.46. The van der Waals surface area contributed by atoms with Crippen LogP contribution in [0.3, 0.4) is 0 Å². The molecule has 0 aliphatic rings. The Bertz CT molecular complexity index is 1080. The third kappa shape index (κ3) is 6.03. The Morgan fingerprint density at radius 1 is 1.06 bits per heavy atom. The van der Waals surface area contributed by atoms with Crippen LogP contribution in [0.4, 0.5) is 14.5 Å². The zero-order valence-corrected chi connectivity index (χ0v) is 16.3. The molecule has 2 rings (SSSR count). The van der Waals surface area contributed by atoms with Crippen molar-refractivity contribution in [2.75, 3.05) is 5.73 Å². The molecule has 2 atom stereocenters. The number of aliphatic hydroxyl groups is 1. The lowest BCUT2D eigenvalue weighted by atomic mass is 9.95. The number of para-hydroxylation sites is 1. The lowest BCUT2D eigenvalue weighted by Gasteiger charge is -2.30. The van der Waals surface area contributed by atoms with Crippen LogP contribution in [0.5, 0.6) is 0 Å². The molecule has 0 saturated carbocycles. The molecular formula is C22H19F2N3O4. The number of benzene rings is 2. The smallest absolute Gasteiger partial charge is 0.269 e. The predicted octanol–water partition coefficient (Wildman–Crippen LogP) is 1.29. The lowest BCUT2D eigenvalue weighted by Crippen LogP contribution is -2.61. The van der Waals surface area contributed by atoms with Crippen molar-refractivity contribution in [1.82, 2.24) is 10.8 Å². The quantitative estimate of drug-likeness (QED) is 0.213. The summed E-state index contributed by atoms with van der Waals surface area (Å²) in [5.74, 6) is 8.61. The number of halogens is 2. The second-order valence-electron chi connectivity index (χ2n) is 6.57. The Hall–Kier alpha value is -3.92. The molecule has 2 aromatic rings. The number of hydrogen-bond acceptors (Lipinski definition) is 5. The maximum absolute atomic E-state index is 13.0. The summed E-state index contributed by atoms with van der Waals surface area (Å²) < 4.78 is 26.1. The molecule has 9 heteroatoms. The molecule has 0 fully saturated rings. The topological polar surface area (TPSA) is 125 Å². The van der Waals surface area contributed by atoms with Crippen LogP contribution in [0.25, 0.3) is 0 Å². The van der Waals surface area contributed by atoms with Crippen LogP contribution in [-0.2, 0) is 4.79 Å². The average molecular weight is 427 g/mol. The van der Waals surface area contributed by atoms with Gasteiger partial charge in [-0.05, 0) is 55.2 Å². The highest BCUT2D eigenvalue weighted by Crippen LogP contribution is 2.20. The van der Waals surface area contributed by atoms with Gasteiger partial charge in [-0.15, -0.1) is 0 Å². The zero-order valence-electron chi connectivity index (χ0n) is 16.3. The van der Waals surface area contributed by atoms with Crippen LogP contribution < -0.4 is 16.5 Å². The summed E-state index contributed by atoms with van der Waals surface area (Å²) in [4.78, 5) is 24.0. The maximum atomic E-state index is 13.0. The molecule has 2 unspecified atom stereocenters. The lowest BCUT2D eigenvalue weighted by molar-refractivity contribution is -0.149. The van der Waals surface area contributed by atoms with Crippen molar-refractivity contribution >= 4 is 17.5 Å². The fourth-order valence-electron chi connectivity index (χ4n) is 2.40. The summed E-state index contributed by atoms with van der Waals surface area (Å²) >= 11 is 0. The van der Waals surface area contributed by atoms with Crippen LogP contribution in [0.2, 0.25) is 0 Å². The number of hydroxylamine groups is 1. The van der Waals surface area contributed by atoms with E-state index >= 15 is 0 Å². The van der Waals surface area contributed by atoms with Crippen LogP contribution in [0.1, 0.15) is 28.4 Å². The van der Waals surface area contributed by atoms with Gasteiger partial charge in [0.25, 0.3) is 18.2 Å². The molecule has 0 radical (unpaired) electrons. The van der Waals surface area contributed by atoms with E-state index in [2.05, 4.69) is 23.7 Å². The van der Waals surface area contributed by atoms with Crippen LogP contribution in [0, 0.1) is 23.7 Å². The van der Waals surface area contributed by atoms with Crippen LogP contribution in [-0.4, -0.2) is 40.2 Å². The van der Waals surface area contributed by atoms with Crippen molar-refractivity contribution in [3.8, 4) is 23.7 Å². The van der Waals surface area contributed by atoms with Crippen LogP contribution in [0.15, 0.2) is 48.5 Å². The first-order valence-electron chi connectivity index (χ1n) is 8.88. The number of anilines is 1. The number of nitrogens with two attached hydrogens (primary N) is 1. The molecule has 7 nitrogen and oxygen atoms in total. The third-order valence-corrected chi connectivity index (χ3v) is 4.25. The van der Waals surface area contributed by atoms with Crippen molar-refractivity contribution in [1.29, 1.82) is 0 Å².